The van der Waals surface area contributed by atoms with Crippen molar-refractivity contribution in [2.24, 2.45) is 17.6 Å². The van der Waals surface area contributed by atoms with Gasteiger partial charge in [-0.3, -0.25) is 4.79 Å². The van der Waals surface area contributed by atoms with Crippen LogP contribution in [0.3, 0.4) is 0 Å². The highest BCUT2D eigenvalue weighted by Gasteiger charge is 2.35. The lowest BCUT2D eigenvalue weighted by atomic mass is 9.71. The van der Waals surface area contributed by atoms with Gasteiger partial charge in [0.1, 0.15) is 5.78 Å². The molecule has 0 aliphatic heterocycles. The van der Waals surface area contributed by atoms with E-state index >= 15 is 0 Å². The minimum Gasteiger partial charge on any atom is -0.325 e. The molecule has 0 aromatic rings. The van der Waals surface area contributed by atoms with Crippen LogP contribution in [0.2, 0.25) is 0 Å². The van der Waals surface area contributed by atoms with Crippen LogP contribution in [0.4, 0.5) is 0 Å². The monoisotopic (exact) mass is 251 g/mol. The largest absolute Gasteiger partial charge is 0.325 e. The van der Waals surface area contributed by atoms with Crippen LogP contribution in [0.25, 0.3) is 0 Å². The van der Waals surface area contributed by atoms with Crippen LogP contribution in [0, 0.1) is 11.8 Å². The fourth-order valence-electron chi connectivity index (χ4n) is 4.03. The summed E-state index contributed by atoms with van der Waals surface area (Å²) in [5, 5.41) is 0. The summed E-state index contributed by atoms with van der Waals surface area (Å²) in [5.41, 5.74) is 6.27. The molecule has 2 unspecified atom stereocenters. The van der Waals surface area contributed by atoms with Gasteiger partial charge in [0, 0.05) is 17.9 Å². The molecule has 18 heavy (non-hydrogen) atoms. The predicted octanol–water partition coefficient (Wildman–Crippen LogP) is 3.82. The summed E-state index contributed by atoms with van der Waals surface area (Å²) in [4.78, 5) is 12.6. The van der Waals surface area contributed by atoms with Crippen molar-refractivity contribution in [3.63, 3.8) is 0 Å². The molecule has 0 aromatic heterocycles. The van der Waals surface area contributed by atoms with Gasteiger partial charge in [-0.25, -0.2) is 0 Å². The molecular formula is C16H29NO. The Bertz CT molecular complexity index is 281. The first-order valence-electron chi connectivity index (χ1n) is 7.96. The molecule has 2 N–H and O–H groups in total. The van der Waals surface area contributed by atoms with E-state index in [1.807, 2.05) is 0 Å². The quantitative estimate of drug-likeness (QED) is 0.825. The van der Waals surface area contributed by atoms with Crippen molar-refractivity contribution in [3.05, 3.63) is 0 Å². The summed E-state index contributed by atoms with van der Waals surface area (Å²) >= 11 is 0. The Hall–Kier alpha value is -0.370. The molecule has 2 aliphatic rings. The average molecular weight is 251 g/mol. The van der Waals surface area contributed by atoms with Gasteiger partial charge in [-0.1, -0.05) is 45.4 Å². The highest BCUT2D eigenvalue weighted by molar-refractivity contribution is 5.82. The van der Waals surface area contributed by atoms with Crippen molar-refractivity contribution in [1.29, 1.82) is 0 Å². The molecule has 2 nitrogen and oxygen atoms in total. The molecule has 2 rings (SSSR count). The Morgan fingerprint density at radius 1 is 1.11 bits per heavy atom. The lowest BCUT2D eigenvalue weighted by molar-refractivity contribution is -0.127. The number of carbonyl (C=O) groups is 1. The third kappa shape index (κ3) is 3.34. The lowest BCUT2D eigenvalue weighted by Gasteiger charge is -2.36. The molecule has 0 saturated heterocycles. The number of ketones is 1. The van der Waals surface area contributed by atoms with Crippen LogP contribution in [0.1, 0.15) is 77.6 Å². The maximum atomic E-state index is 12.6. The average Bonchev–Trinajstić information content (AvgIpc) is 2.39. The summed E-state index contributed by atoms with van der Waals surface area (Å²) in [6, 6.07) is 0. The van der Waals surface area contributed by atoms with Crippen molar-refractivity contribution in [3.8, 4) is 0 Å². The van der Waals surface area contributed by atoms with Crippen molar-refractivity contribution in [1.82, 2.24) is 0 Å². The standard InChI is InChI=1S/C16H29NO/c1-2-13-8-4-5-9-14(13)15(18)12-16(17)10-6-3-7-11-16/h13-14H,2-12,17H2,1H3. The van der Waals surface area contributed by atoms with E-state index in [0.717, 1.165) is 25.7 Å². The van der Waals surface area contributed by atoms with Gasteiger partial charge in [0.25, 0.3) is 0 Å². The molecule has 2 aliphatic carbocycles. The molecule has 0 spiro atoms. The van der Waals surface area contributed by atoms with Crippen molar-refractivity contribution in [2.75, 3.05) is 0 Å². The number of carbonyl (C=O) groups excluding carboxylic acids is 1. The molecule has 2 heteroatoms. The Morgan fingerprint density at radius 3 is 2.44 bits per heavy atom. The second kappa shape index (κ2) is 6.18. The molecular weight excluding hydrogens is 222 g/mol. The van der Waals surface area contributed by atoms with Crippen molar-refractivity contribution in [2.45, 2.75) is 83.1 Å². The topological polar surface area (TPSA) is 43.1 Å². The molecule has 104 valence electrons. The zero-order valence-electron chi connectivity index (χ0n) is 11.9. The SMILES string of the molecule is CCC1CCCCC1C(=O)CC1(N)CCCCC1. The second-order valence-electron chi connectivity index (χ2n) is 6.63. The maximum absolute atomic E-state index is 12.6. The molecule has 2 fully saturated rings. The van der Waals surface area contributed by atoms with Crippen LogP contribution in [0.15, 0.2) is 0 Å². The highest BCUT2D eigenvalue weighted by Crippen LogP contribution is 2.36. The normalized spacial score (nSPS) is 32.1. The lowest BCUT2D eigenvalue weighted by Crippen LogP contribution is -2.45. The summed E-state index contributed by atoms with van der Waals surface area (Å²) in [6.07, 6.45) is 12.6. The van der Waals surface area contributed by atoms with Crippen LogP contribution in [-0.4, -0.2) is 11.3 Å². The van der Waals surface area contributed by atoms with E-state index in [-0.39, 0.29) is 5.54 Å². The van der Waals surface area contributed by atoms with E-state index in [4.69, 9.17) is 5.73 Å². The third-order valence-corrected chi connectivity index (χ3v) is 5.22. The summed E-state index contributed by atoms with van der Waals surface area (Å²) < 4.78 is 0. The molecule has 0 aromatic carbocycles. The number of hydrogen-bond donors (Lipinski definition) is 1. The number of nitrogens with two attached hydrogens (primary N) is 1. The van der Waals surface area contributed by atoms with Crippen LogP contribution in [-0.2, 0) is 4.79 Å². The smallest absolute Gasteiger partial charge is 0.138 e. The van der Waals surface area contributed by atoms with Gasteiger partial charge >= 0.3 is 0 Å². The zero-order valence-corrected chi connectivity index (χ0v) is 11.9. The van der Waals surface area contributed by atoms with Gasteiger partial charge in [-0.15, -0.1) is 0 Å². The van der Waals surface area contributed by atoms with Crippen molar-refractivity contribution < 1.29 is 4.79 Å². The predicted molar refractivity (Wildman–Crippen MR) is 75.4 cm³/mol. The van der Waals surface area contributed by atoms with E-state index in [0.29, 0.717) is 24.0 Å². The first kappa shape index (κ1) is 14.0. The summed E-state index contributed by atoms with van der Waals surface area (Å²) in [5.74, 6) is 1.44. The van der Waals surface area contributed by atoms with Gasteiger partial charge in [0.05, 0.1) is 0 Å². The van der Waals surface area contributed by atoms with Crippen LogP contribution >= 0.6 is 0 Å². The van der Waals surface area contributed by atoms with Crippen LogP contribution < -0.4 is 5.73 Å². The first-order chi connectivity index (χ1) is 8.64. The van der Waals surface area contributed by atoms with Crippen LogP contribution in [0.5, 0.6) is 0 Å². The first-order valence-corrected chi connectivity index (χ1v) is 7.96. The summed E-state index contributed by atoms with van der Waals surface area (Å²) in [7, 11) is 0. The fourth-order valence-corrected chi connectivity index (χ4v) is 4.03. The fraction of sp³-hybridized carbons (Fsp3) is 0.938. The molecule has 2 saturated carbocycles. The third-order valence-electron chi connectivity index (χ3n) is 5.22. The van der Waals surface area contributed by atoms with E-state index in [9.17, 15) is 4.79 Å². The minimum absolute atomic E-state index is 0.162. The van der Waals surface area contributed by atoms with Crippen molar-refractivity contribution >= 4 is 5.78 Å². The summed E-state index contributed by atoms with van der Waals surface area (Å²) in [6.45, 7) is 2.23. The van der Waals surface area contributed by atoms with E-state index in [1.54, 1.807) is 0 Å². The number of Topliss-reactive ketones (excluding diaryl/α,β-unsaturated/α-hetero) is 1. The van der Waals surface area contributed by atoms with E-state index in [1.165, 1.54) is 38.5 Å². The molecule has 0 heterocycles. The maximum Gasteiger partial charge on any atom is 0.138 e. The van der Waals surface area contributed by atoms with E-state index in [2.05, 4.69) is 6.92 Å². The van der Waals surface area contributed by atoms with Gasteiger partial charge in [-0.05, 0) is 31.6 Å². The Balaban J connectivity index is 1.93. The molecule has 0 bridgehead atoms. The zero-order chi connectivity index (χ0) is 13.0. The molecule has 0 radical (unpaired) electrons. The van der Waals surface area contributed by atoms with Gasteiger partial charge in [0.2, 0.25) is 0 Å². The molecule has 0 amide bonds. The molecule has 2 atom stereocenters. The van der Waals surface area contributed by atoms with Gasteiger partial charge < -0.3 is 5.73 Å². The second-order valence-corrected chi connectivity index (χ2v) is 6.63. The minimum atomic E-state index is -0.162. The van der Waals surface area contributed by atoms with E-state index < -0.39 is 0 Å². The number of hydrogen-bond acceptors (Lipinski definition) is 2. The number of rotatable bonds is 4. The van der Waals surface area contributed by atoms with Gasteiger partial charge in [0.15, 0.2) is 0 Å². The Morgan fingerprint density at radius 2 is 1.78 bits per heavy atom. The Kier molecular flexibility index (Phi) is 4.83. The highest BCUT2D eigenvalue weighted by atomic mass is 16.1. The van der Waals surface area contributed by atoms with Gasteiger partial charge in [-0.2, -0.15) is 0 Å². The Labute approximate surface area is 112 Å².